The van der Waals surface area contributed by atoms with Gasteiger partial charge in [-0.15, -0.1) is 11.6 Å². The van der Waals surface area contributed by atoms with E-state index in [9.17, 15) is 8.42 Å². The normalized spacial score (nSPS) is 23.4. The smallest absolute Gasteiger partial charge is 0.150 e. The van der Waals surface area contributed by atoms with Crippen LogP contribution in [0.3, 0.4) is 0 Å². The van der Waals surface area contributed by atoms with Crippen LogP contribution in [0.5, 0.6) is 0 Å². The molecule has 2 atom stereocenters. The van der Waals surface area contributed by atoms with Crippen LogP contribution in [0.4, 0.5) is 0 Å². The molecule has 19 heavy (non-hydrogen) atoms. The molecule has 0 aromatic heterocycles. The topological polar surface area (TPSA) is 34.1 Å². The zero-order chi connectivity index (χ0) is 14.0. The van der Waals surface area contributed by atoms with Gasteiger partial charge in [0.15, 0.2) is 9.84 Å². The van der Waals surface area contributed by atoms with E-state index in [0.717, 1.165) is 12.8 Å². The van der Waals surface area contributed by atoms with E-state index in [-0.39, 0.29) is 11.8 Å². The lowest BCUT2D eigenvalue weighted by atomic mass is 9.86. The van der Waals surface area contributed by atoms with Crippen molar-refractivity contribution in [2.24, 2.45) is 11.8 Å². The van der Waals surface area contributed by atoms with Crippen molar-refractivity contribution in [1.29, 1.82) is 0 Å². The van der Waals surface area contributed by atoms with Gasteiger partial charge in [-0.1, -0.05) is 23.8 Å². The van der Waals surface area contributed by atoms with Crippen molar-refractivity contribution in [2.75, 3.05) is 17.4 Å². The average Bonchev–Trinajstić information content (AvgIpc) is 2.70. The highest BCUT2D eigenvalue weighted by Gasteiger charge is 2.33. The molecule has 1 heterocycles. The van der Waals surface area contributed by atoms with Crippen molar-refractivity contribution < 1.29 is 8.42 Å². The van der Waals surface area contributed by atoms with Crippen LogP contribution in [0, 0.1) is 25.7 Å². The quantitative estimate of drug-likeness (QED) is 0.801. The van der Waals surface area contributed by atoms with Crippen molar-refractivity contribution in [3.63, 3.8) is 0 Å². The van der Waals surface area contributed by atoms with E-state index in [0.29, 0.717) is 17.4 Å². The minimum atomic E-state index is -2.82. The molecule has 0 bridgehead atoms. The van der Waals surface area contributed by atoms with Gasteiger partial charge < -0.3 is 0 Å². The van der Waals surface area contributed by atoms with E-state index >= 15 is 0 Å². The molecular weight excluding hydrogens is 280 g/mol. The summed E-state index contributed by atoms with van der Waals surface area (Å²) in [7, 11) is -2.82. The van der Waals surface area contributed by atoms with Crippen LogP contribution in [0.15, 0.2) is 18.2 Å². The molecule has 1 aliphatic heterocycles. The molecule has 0 spiro atoms. The average molecular weight is 301 g/mol. The molecule has 2 nitrogen and oxygen atoms in total. The highest BCUT2D eigenvalue weighted by molar-refractivity contribution is 7.91. The first-order valence-corrected chi connectivity index (χ1v) is 9.09. The SMILES string of the molecule is Cc1ccc(C)c(CC(CCl)C2CCS(=O)(=O)C2)c1. The monoisotopic (exact) mass is 300 g/mol. The number of halogens is 1. The summed E-state index contributed by atoms with van der Waals surface area (Å²) in [5.41, 5.74) is 3.81. The van der Waals surface area contributed by atoms with Crippen molar-refractivity contribution in [3.05, 3.63) is 34.9 Å². The van der Waals surface area contributed by atoms with Gasteiger partial charge in [0.05, 0.1) is 11.5 Å². The second-order valence-electron chi connectivity index (χ2n) is 5.71. The van der Waals surface area contributed by atoms with Crippen LogP contribution < -0.4 is 0 Å². The lowest BCUT2D eigenvalue weighted by Crippen LogP contribution is -2.20. The van der Waals surface area contributed by atoms with Crippen LogP contribution >= 0.6 is 11.6 Å². The predicted molar refractivity (Wildman–Crippen MR) is 80.6 cm³/mol. The molecule has 1 saturated heterocycles. The van der Waals surface area contributed by atoms with Crippen LogP contribution in [-0.4, -0.2) is 25.8 Å². The highest BCUT2D eigenvalue weighted by atomic mass is 35.5. The van der Waals surface area contributed by atoms with Gasteiger partial charge in [-0.2, -0.15) is 0 Å². The summed E-state index contributed by atoms with van der Waals surface area (Å²) >= 11 is 6.09. The highest BCUT2D eigenvalue weighted by Crippen LogP contribution is 2.30. The fourth-order valence-electron chi connectivity index (χ4n) is 2.85. The lowest BCUT2D eigenvalue weighted by molar-refractivity contribution is 0.397. The maximum absolute atomic E-state index is 11.6. The Bertz CT molecular complexity index is 551. The molecule has 1 aromatic rings. The first-order valence-electron chi connectivity index (χ1n) is 6.74. The van der Waals surface area contributed by atoms with Gasteiger partial charge in [-0.25, -0.2) is 8.42 Å². The molecule has 0 saturated carbocycles. The second kappa shape index (κ2) is 5.84. The van der Waals surface area contributed by atoms with Crippen LogP contribution in [0.2, 0.25) is 0 Å². The maximum Gasteiger partial charge on any atom is 0.150 e. The van der Waals surface area contributed by atoms with E-state index in [2.05, 4.69) is 32.0 Å². The Kier molecular flexibility index (Phi) is 4.57. The third-order valence-corrected chi connectivity index (χ3v) is 6.31. The zero-order valence-electron chi connectivity index (χ0n) is 11.5. The predicted octanol–water partition coefficient (Wildman–Crippen LogP) is 3.14. The Labute approximate surface area is 121 Å². The van der Waals surface area contributed by atoms with Crippen LogP contribution in [0.25, 0.3) is 0 Å². The summed E-state index contributed by atoms with van der Waals surface area (Å²) in [4.78, 5) is 0. The third kappa shape index (κ3) is 3.73. The molecule has 2 unspecified atom stereocenters. The Morgan fingerprint density at radius 1 is 1.37 bits per heavy atom. The van der Waals surface area contributed by atoms with E-state index in [4.69, 9.17) is 11.6 Å². The Hall–Kier alpha value is -0.540. The van der Waals surface area contributed by atoms with Gasteiger partial charge in [0.25, 0.3) is 0 Å². The number of hydrogen-bond donors (Lipinski definition) is 0. The molecule has 0 N–H and O–H groups in total. The largest absolute Gasteiger partial charge is 0.229 e. The zero-order valence-corrected chi connectivity index (χ0v) is 13.1. The first-order chi connectivity index (χ1) is 8.91. The molecule has 106 valence electrons. The molecule has 0 aliphatic carbocycles. The van der Waals surface area contributed by atoms with Crippen LogP contribution in [-0.2, 0) is 16.3 Å². The van der Waals surface area contributed by atoms with E-state index < -0.39 is 9.84 Å². The maximum atomic E-state index is 11.6. The van der Waals surface area contributed by atoms with E-state index in [1.54, 1.807) is 0 Å². The molecule has 0 amide bonds. The molecule has 1 aromatic carbocycles. The molecule has 1 aliphatic rings. The Balaban J connectivity index is 2.13. The molecule has 2 rings (SSSR count). The number of sulfone groups is 1. The van der Waals surface area contributed by atoms with Crippen molar-refractivity contribution in [2.45, 2.75) is 26.7 Å². The van der Waals surface area contributed by atoms with Gasteiger partial charge in [-0.05, 0) is 49.7 Å². The summed E-state index contributed by atoms with van der Waals surface area (Å²) in [5, 5.41) is 0. The lowest BCUT2D eigenvalue weighted by Gasteiger charge is -2.21. The van der Waals surface area contributed by atoms with Gasteiger partial charge in [0.1, 0.15) is 0 Å². The van der Waals surface area contributed by atoms with Gasteiger partial charge in [0.2, 0.25) is 0 Å². The van der Waals surface area contributed by atoms with E-state index in [1.807, 2.05) is 0 Å². The summed E-state index contributed by atoms with van der Waals surface area (Å²) < 4.78 is 23.2. The second-order valence-corrected chi connectivity index (χ2v) is 8.25. The summed E-state index contributed by atoms with van der Waals surface area (Å²) in [6, 6.07) is 6.42. The van der Waals surface area contributed by atoms with Gasteiger partial charge in [-0.3, -0.25) is 0 Å². The molecule has 4 heteroatoms. The number of benzene rings is 1. The number of hydrogen-bond acceptors (Lipinski definition) is 2. The fraction of sp³-hybridized carbons (Fsp3) is 0.600. The number of aryl methyl sites for hydroxylation is 2. The number of alkyl halides is 1. The third-order valence-electron chi connectivity index (χ3n) is 4.12. The van der Waals surface area contributed by atoms with Crippen molar-refractivity contribution >= 4 is 21.4 Å². The Morgan fingerprint density at radius 2 is 2.11 bits per heavy atom. The summed E-state index contributed by atoms with van der Waals surface area (Å²) in [6.07, 6.45) is 1.65. The molecule has 1 fully saturated rings. The first kappa shape index (κ1) is 14.9. The minimum Gasteiger partial charge on any atom is -0.229 e. The fourth-order valence-corrected chi connectivity index (χ4v) is 5.13. The van der Waals surface area contributed by atoms with Crippen LogP contribution in [0.1, 0.15) is 23.1 Å². The Morgan fingerprint density at radius 3 is 2.68 bits per heavy atom. The molecule has 0 radical (unpaired) electrons. The standard InChI is InChI=1S/C15H21ClO2S/c1-11-3-4-12(2)14(7-11)8-15(9-16)13-5-6-19(17,18)10-13/h3-4,7,13,15H,5-6,8-10H2,1-2H3. The van der Waals surface area contributed by atoms with Crippen molar-refractivity contribution in [3.8, 4) is 0 Å². The van der Waals surface area contributed by atoms with Gasteiger partial charge >= 0.3 is 0 Å². The minimum absolute atomic E-state index is 0.224. The number of rotatable bonds is 4. The van der Waals surface area contributed by atoms with Gasteiger partial charge in [0, 0.05) is 5.88 Å². The molecular formula is C15H21ClO2S. The van der Waals surface area contributed by atoms with Crippen molar-refractivity contribution in [1.82, 2.24) is 0 Å². The summed E-state index contributed by atoms with van der Waals surface area (Å²) in [6.45, 7) is 4.18. The summed E-state index contributed by atoms with van der Waals surface area (Å²) in [5.74, 6) is 1.67. The van der Waals surface area contributed by atoms with E-state index in [1.165, 1.54) is 16.7 Å².